The van der Waals surface area contributed by atoms with Crippen molar-refractivity contribution in [2.24, 2.45) is 0 Å². The topological polar surface area (TPSA) is 72.4 Å². The lowest BCUT2D eigenvalue weighted by Gasteiger charge is -2.30. The highest BCUT2D eigenvalue weighted by Crippen LogP contribution is 2.27. The van der Waals surface area contributed by atoms with E-state index in [0.29, 0.717) is 18.2 Å². The van der Waals surface area contributed by atoms with Gasteiger partial charge < -0.3 is 13.8 Å². The molecule has 1 saturated heterocycles. The van der Waals surface area contributed by atoms with Gasteiger partial charge in [-0.1, -0.05) is 12.1 Å². The van der Waals surface area contributed by atoms with Crippen LogP contribution < -0.4 is 0 Å². The molecule has 6 heteroatoms. The molecular weight excluding hydrogens is 270 g/mol. The van der Waals surface area contributed by atoms with Gasteiger partial charge in [-0.25, -0.2) is 0 Å². The number of aromatic nitrogens is 2. The minimum Gasteiger partial charge on any atom is -0.456 e. The van der Waals surface area contributed by atoms with E-state index >= 15 is 0 Å². The van der Waals surface area contributed by atoms with Gasteiger partial charge in [0, 0.05) is 19.5 Å². The first-order valence-electron chi connectivity index (χ1n) is 7.35. The van der Waals surface area contributed by atoms with Crippen molar-refractivity contribution in [1.82, 2.24) is 15.0 Å². The normalized spacial score (nSPS) is 19.0. The van der Waals surface area contributed by atoms with E-state index in [4.69, 9.17) is 8.94 Å². The third-order valence-corrected chi connectivity index (χ3v) is 3.81. The van der Waals surface area contributed by atoms with Crippen molar-refractivity contribution < 1.29 is 13.7 Å². The van der Waals surface area contributed by atoms with Crippen molar-refractivity contribution in [3.05, 3.63) is 35.4 Å². The molecule has 1 unspecified atom stereocenters. The zero-order valence-corrected chi connectivity index (χ0v) is 12.3. The molecule has 2 aromatic heterocycles. The Bertz CT molecular complexity index is 632. The fraction of sp³-hybridized carbons (Fsp3) is 0.533. The first-order chi connectivity index (χ1) is 10.2. The molecule has 0 N–H and O–H groups in total. The Balaban J connectivity index is 1.72. The number of hydrogen-bond acceptors (Lipinski definition) is 5. The van der Waals surface area contributed by atoms with Gasteiger partial charge in [0.1, 0.15) is 5.76 Å². The van der Waals surface area contributed by atoms with Crippen LogP contribution in [0.3, 0.4) is 0 Å². The van der Waals surface area contributed by atoms with E-state index in [1.807, 2.05) is 18.7 Å². The molecule has 1 aliphatic heterocycles. The van der Waals surface area contributed by atoms with Gasteiger partial charge >= 0.3 is 0 Å². The molecule has 0 radical (unpaired) electrons. The van der Waals surface area contributed by atoms with Crippen molar-refractivity contribution in [2.45, 2.75) is 39.0 Å². The molecule has 0 bridgehead atoms. The lowest BCUT2D eigenvalue weighted by Crippen LogP contribution is -2.39. The van der Waals surface area contributed by atoms with Gasteiger partial charge in [0.15, 0.2) is 11.6 Å². The summed E-state index contributed by atoms with van der Waals surface area (Å²) in [6, 6.07) is 3.53. The van der Waals surface area contributed by atoms with Crippen molar-refractivity contribution in [3.63, 3.8) is 0 Å². The van der Waals surface area contributed by atoms with E-state index in [2.05, 4.69) is 10.1 Å². The summed E-state index contributed by atoms with van der Waals surface area (Å²) in [6.45, 7) is 5.17. The zero-order valence-electron chi connectivity index (χ0n) is 12.3. The van der Waals surface area contributed by atoms with Gasteiger partial charge in [0.25, 0.3) is 5.91 Å². The largest absolute Gasteiger partial charge is 0.456 e. The van der Waals surface area contributed by atoms with Crippen LogP contribution in [0.5, 0.6) is 0 Å². The van der Waals surface area contributed by atoms with Crippen LogP contribution in [0.4, 0.5) is 0 Å². The SMILES string of the molecule is CCc1noc(C2CCCN(C(=O)c3ccc(C)o3)C2)n1. The van der Waals surface area contributed by atoms with Crippen LogP contribution in [-0.2, 0) is 6.42 Å². The van der Waals surface area contributed by atoms with E-state index in [1.165, 1.54) is 0 Å². The molecule has 1 aliphatic rings. The van der Waals surface area contributed by atoms with Gasteiger partial charge in [-0.15, -0.1) is 0 Å². The maximum Gasteiger partial charge on any atom is 0.289 e. The molecule has 1 atom stereocenters. The Kier molecular flexibility index (Phi) is 3.77. The van der Waals surface area contributed by atoms with Gasteiger partial charge in [0.05, 0.1) is 5.92 Å². The maximum atomic E-state index is 12.4. The predicted molar refractivity (Wildman–Crippen MR) is 75.0 cm³/mol. The van der Waals surface area contributed by atoms with Crippen molar-refractivity contribution in [2.75, 3.05) is 13.1 Å². The van der Waals surface area contributed by atoms with Crippen LogP contribution in [0.2, 0.25) is 0 Å². The second-order valence-corrected chi connectivity index (χ2v) is 5.40. The molecule has 21 heavy (non-hydrogen) atoms. The number of aryl methyl sites for hydroxylation is 2. The number of carbonyl (C=O) groups excluding carboxylic acids is 1. The fourth-order valence-electron chi connectivity index (χ4n) is 2.65. The molecular formula is C15H19N3O3. The standard InChI is InChI=1S/C15H19N3O3/c1-3-13-16-14(21-17-13)11-5-4-8-18(9-11)15(19)12-7-6-10(2)20-12/h6-7,11H,3-5,8-9H2,1-2H3. The third-order valence-electron chi connectivity index (χ3n) is 3.81. The zero-order chi connectivity index (χ0) is 14.8. The number of piperidine rings is 1. The molecule has 0 spiro atoms. The Morgan fingerprint density at radius 3 is 3.00 bits per heavy atom. The van der Waals surface area contributed by atoms with Crippen LogP contribution in [0.1, 0.15) is 53.7 Å². The van der Waals surface area contributed by atoms with Gasteiger partial charge in [0.2, 0.25) is 5.89 Å². The molecule has 0 aromatic carbocycles. The smallest absolute Gasteiger partial charge is 0.289 e. The van der Waals surface area contributed by atoms with Crippen molar-refractivity contribution >= 4 is 5.91 Å². The average Bonchev–Trinajstić information content (AvgIpc) is 3.15. The average molecular weight is 289 g/mol. The molecule has 6 nitrogen and oxygen atoms in total. The molecule has 1 fully saturated rings. The van der Waals surface area contributed by atoms with E-state index < -0.39 is 0 Å². The molecule has 3 rings (SSSR count). The Morgan fingerprint density at radius 2 is 2.33 bits per heavy atom. The number of rotatable bonds is 3. The molecule has 1 amide bonds. The van der Waals surface area contributed by atoms with Crippen LogP contribution in [0, 0.1) is 6.92 Å². The number of amides is 1. The monoisotopic (exact) mass is 289 g/mol. The summed E-state index contributed by atoms with van der Waals surface area (Å²) in [5.74, 6) is 2.55. The summed E-state index contributed by atoms with van der Waals surface area (Å²) in [6.07, 6.45) is 2.65. The Hall–Kier alpha value is -2.11. The highest BCUT2D eigenvalue weighted by Gasteiger charge is 2.29. The number of hydrogen-bond donors (Lipinski definition) is 0. The Labute approximate surface area is 123 Å². The van der Waals surface area contributed by atoms with E-state index in [1.54, 1.807) is 12.1 Å². The molecule has 3 heterocycles. The predicted octanol–water partition coefficient (Wildman–Crippen LogP) is 2.55. The summed E-state index contributed by atoms with van der Waals surface area (Å²) in [7, 11) is 0. The molecule has 0 saturated carbocycles. The van der Waals surface area contributed by atoms with E-state index in [0.717, 1.165) is 37.4 Å². The summed E-state index contributed by atoms with van der Waals surface area (Å²) >= 11 is 0. The summed E-state index contributed by atoms with van der Waals surface area (Å²) in [4.78, 5) is 18.6. The van der Waals surface area contributed by atoms with Gasteiger partial charge in [-0.2, -0.15) is 4.98 Å². The minimum absolute atomic E-state index is 0.0666. The van der Waals surface area contributed by atoms with Gasteiger partial charge in [-0.3, -0.25) is 4.79 Å². The minimum atomic E-state index is -0.0666. The first-order valence-corrected chi connectivity index (χ1v) is 7.35. The van der Waals surface area contributed by atoms with Crippen LogP contribution in [0.25, 0.3) is 0 Å². The highest BCUT2D eigenvalue weighted by molar-refractivity contribution is 5.91. The highest BCUT2D eigenvalue weighted by atomic mass is 16.5. The van der Waals surface area contributed by atoms with Crippen molar-refractivity contribution in [3.8, 4) is 0 Å². The number of carbonyl (C=O) groups is 1. The number of likely N-dealkylation sites (tertiary alicyclic amines) is 1. The van der Waals surface area contributed by atoms with Crippen molar-refractivity contribution in [1.29, 1.82) is 0 Å². The second-order valence-electron chi connectivity index (χ2n) is 5.40. The number of furan rings is 1. The lowest BCUT2D eigenvalue weighted by atomic mass is 9.98. The fourth-order valence-corrected chi connectivity index (χ4v) is 2.65. The maximum absolute atomic E-state index is 12.4. The second kappa shape index (κ2) is 5.71. The first kappa shape index (κ1) is 13.9. The molecule has 2 aromatic rings. The quantitative estimate of drug-likeness (QED) is 0.868. The number of nitrogens with zero attached hydrogens (tertiary/aromatic N) is 3. The Morgan fingerprint density at radius 1 is 1.48 bits per heavy atom. The molecule has 112 valence electrons. The van der Waals surface area contributed by atoms with Crippen LogP contribution in [0.15, 0.2) is 21.1 Å². The summed E-state index contributed by atoms with van der Waals surface area (Å²) in [5.41, 5.74) is 0. The van der Waals surface area contributed by atoms with Crippen LogP contribution >= 0.6 is 0 Å². The van der Waals surface area contributed by atoms with Gasteiger partial charge in [-0.05, 0) is 31.9 Å². The molecule has 0 aliphatic carbocycles. The summed E-state index contributed by atoms with van der Waals surface area (Å²) in [5, 5.41) is 3.93. The summed E-state index contributed by atoms with van der Waals surface area (Å²) < 4.78 is 10.7. The van der Waals surface area contributed by atoms with E-state index in [-0.39, 0.29) is 11.8 Å². The van der Waals surface area contributed by atoms with Crippen LogP contribution in [-0.4, -0.2) is 34.0 Å². The van der Waals surface area contributed by atoms with E-state index in [9.17, 15) is 4.79 Å². The lowest BCUT2D eigenvalue weighted by molar-refractivity contribution is 0.0662. The third kappa shape index (κ3) is 2.84.